The number of aliphatic carboxylic acids is 1. The third-order valence-electron chi connectivity index (χ3n) is 5.70. The van der Waals surface area contributed by atoms with Gasteiger partial charge < -0.3 is 25.7 Å². The Labute approximate surface area is 223 Å². The number of carboxylic acids is 2. The zero-order chi connectivity index (χ0) is 29.2. The summed E-state index contributed by atoms with van der Waals surface area (Å²) in [5.41, 5.74) is 2.90. The summed E-state index contributed by atoms with van der Waals surface area (Å²) in [5.74, 6) is -4.07. The maximum Gasteiger partial charge on any atom is 0.490 e. The lowest BCUT2D eigenvalue weighted by Crippen LogP contribution is -2.49. The van der Waals surface area contributed by atoms with Crippen molar-refractivity contribution in [1.29, 1.82) is 0 Å². The number of carboxylic acid groups (broad SMARTS) is 2. The molecular formula is C26H31F3N4O6. The van der Waals surface area contributed by atoms with Crippen molar-refractivity contribution < 1.29 is 42.6 Å². The van der Waals surface area contributed by atoms with Crippen LogP contribution < -0.4 is 15.5 Å². The topological polar surface area (TPSA) is 139 Å². The van der Waals surface area contributed by atoms with Gasteiger partial charge in [0.05, 0.1) is 23.5 Å². The van der Waals surface area contributed by atoms with E-state index in [0.29, 0.717) is 50.5 Å². The normalized spacial score (nSPS) is 13.6. The minimum atomic E-state index is -5.08. The van der Waals surface area contributed by atoms with Crippen LogP contribution in [0.2, 0.25) is 0 Å². The summed E-state index contributed by atoms with van der Waals surface area (Å²) in [7, 11) is 0. The first-order chi connectivity index (χ1) is 18.3. The first-order valence-electron chi connectivity index (χ1n) is 12.1. The van der Waals surface area contributed by atoms with Gasteiger partial charge in [-0.3, -0.25) is 14.5 Å². The monoisotopic (exact) mass is 552 g/mol. The first-order valence-corrected chi connectivity index (χ1v) is 12.1. The number of amides is 2. The maximum atomic E-state index is 12.8. The van der Waals surface area contributed by atoms with E-state index in [1.165, 1.54) is 6.07 Å². The molecule has 212 valence electrons. The number of aromatic carboxylic acids is 1. The predicted molar refractivity (Wildman–Crippen MR) is 138 cm³/mol. The van der Waals surface area contributed by atoms with Gasteiger partial charge in [0.25, 0.3) is 5.91 Å². The van der Waals surface area contributed by atoms with Crippen molar-refractivity contribution in [2.75, 3.05) is 49.5 Å². The molecule has 1 heterocycles. The zero-order valence-electron chi connectivity index (χ0n) is 21.5. The lowest BCUT2D eigenvalue weighted by Gasteiger charge is -2.36. The van der Waals surface area contributed by atoms with Crippen molar-refractivity contribution in [3.05, 3.63) is 59.2 Å². The number of rotatable bonds is 8. The molecule has 0 atom stereocenters. The Bertz CT molecular complexity index is 1160. The molecule has 0 aliphatic carbocycles. The third-order valence-corrected chi connectivity index (χ3v) is 5.70. The quantitative estimate of drug-likeness (QED) is 0.392. The van der Waals surface area contributed by atoms with Gasteiger partial charge in [-0.1, -0.05) is 24.6 Å². The van der Waals surface area contributed by atoms with Crippen LogP contribution in [0.3, 0.4) is 0 Å². The van der Waals surface area contributed by atoms with E-state index < -0.39 is 18.1 Å². The number of nitrogens with zero attached hydrogens (tertiary/aromatic N) is 2. The summed E-state index contributed by atoms with van der Waals surface area (Å²) in [6.07, 6.45) is -4.18. The van der Waals surface area contributed by atoms with Gasteiger partial charge in [-0.15, -0.1) is 0 Å². The summed E-state index contributed by atoms with van der Waals surface area (Å²) in [5, 5.41) is 22.3. The second-order valence-electron chi connectivity index (χ2n) is 8.77. The summed E-state index contributed by atoms with van der Waals surface area (Å²) in [6.45, 7) is 7.74. The van der Waals surface area contributed by atoms with Crippen molar-refractivity contribution in [2.45, 2.75) is 26.4 Å². The maximum absolute atomic E-state index is 12.8. The van der Waals surface area contributed by atoms with Gasteiger partial charge in [0.1, 0.15) is 0 Å². The second-order valence-corrected chi connectivity index (χ2v) is 8.77. The standard InChI is InChI=1S/C24H30N4O4.C2HF3O2/c1-3-10-25-22(29)16-27-11-13-28(14-12-27)21-9-8-19(24(31)32)15-20(21)26-23(30)18-6-4-17(2)5-7-18;3-2(4,5)1(6)7/h4-9,15H,3,10-14,16H2,1-2H3,(H,25,29)(H,26,30)(H,31,32);(H,6,7). The molecule has 0 saturated carbocycles. The minimum Gasteiger partial charge on any atom is -0.478 e. The smallest absolute Gasteiger partial charge is 0.478 e. The number of halogens is 3. The molecule has 2 aromatic carbocycles. The summed E-state index contributed by atoms with van der Waals surface area (Å²) in [6, 6.07) is 12.0. The fourth-order valence-corrected chi connectivity index (χ4v) is 3.61. The number of alkyl halides is 3. The third kappa shape index (κ3) is 9.93. The van der Waals surface area contributed by atoms with E-state index in [2.05, 4.69) is 20.4 Å². The Morgan fingerprint density at radius 2 is 1.49 bits per heavy atom. The molecule has 2 aromatic rings. The van der Waals surface area contributed by atoms with Crippen LogP contribution in [-0.2, 0) is 9.59 Å². The molecule has 1 saturated heterocycles. The lowest BCUT2D eigenvalue weighted by atomic mass is 10.1. The molecule has 1 aliphatic heterocycles. The van der Waals surface area contributed by atoms with Crippen molar-refractivity contribution in [2.24, 2.45) is 0 Å². The van der Waals surface area contributed by atoms with E-state index in [1.54, 1.807) is 24.3 Å². The Kier molecular flexibility index (Phi) is 11.3. The molecule has 3 rings (SSSR count). The number of anilines is 2. The van der Waals surface area contributed by atoms with E-state index in [4.69, 9.17) is 9.90 Å². The molecule has 1 aliphatic rings. The van der Waals surface area contributed by atoms with Gasteiger partial charge in [-0.05, 0) is 43.7 Å². The molecule has 0 unspecified atom stereocenters. The number of carbonyl (C=O) groups excluding carboxylic acids is 2. The summed E-state index contributed by atoms with van der Waals surface area (Å²) < 4.78 is 31.7. The van der Waals surface area contributed by atoms with Gasteiger partial charge in [0.15, 0.2) is 0 Å². The fraction of sp³-hybridized carbons (Fsp3) is 0.385. The van der Waals surface area contributed by atoms with Crippen LogP contribution in [0, 0.1) is 6.92 Å². The molecule has 1 fully saturated rings. The van der Waals surface area contributed by atoms with Crippen LogP contribution in [0.4, 0.5) is 24.5 Å². The van der Waals surface area contributed by atoms with E-state index in [0.717, 1.165) is 17.7 Å². The number of hydrogen-bond acceptors (Lipinski definition) is 6. The molecule has 39 heavy (non-hydrogen) atoms. The van der Waals surface area contributed by atoms with E-state index in [9.17, 15) is 32.7 Å². The van der Waals surface area contributed by atoms with E-state index in [1.807, 2.05) is 26.0 Å². The summed E-state index contributed by atoms with van der Waals surface area (Å²) in [4.78, 5) is 49.3. The molecular weight excluding hydrogens is 521 g/mol. The fourth-order valence-electron chi connectivity index (χ4n) is 3.61. The average Bonchev–Trinajstić information content (AvgIpc) is 2.88. The molecule has 13 heteroatoms. The molecule has 0 aromatic heterocycles. The van der Waals surface area contributed by atoms with Crippen LogP contribution in [0.5, 0.6) is 0 Å². The number of piperazine rings is 1. The molecule has 0 spiro atoms. The Morgan fingerprint density at radius 3 is 2.00 bits per heavy atom. The van der Waals surface area contributed by atoms with Crippen molar-refractivity contribution in [3.8, 4) is 0 Å². The van der Waals surface area contributed by atoms with Gasteiger partial charge in [-0.25, -0.2) is 9.59 Å². The molecule has 2 amide bonds. The number of carbonyl (C=O) groups is 4. The predicted octanol–water partition coefficient (Wildman–Crippen LogP) is 3.23. The van der Waals surface area contributed by atoms with Crippen LogP contribution in [0.25, 0.3) is 0 Å². The molecule has 10 nitrogen and oxygen atoms in total. The molecule has 0 bridgehead atoms. The van der Waals surface area contributed by atoms with Crippen LogP contribution >= 0.6 is 0 Å². The van der Waals surface area contributed by atoms with Crippen molar-refractivity contribution in [3.63, 3.8) is 0 Å². The Hall–Kier alpha value is -4.13. The number of hydrogen-bond donors (Lipinski definition) is 4. The largest absolute Gasteiger partial charge is 0.490 e. The molecule has 4 N–H and O–H groups in total. The van der Waals surface area contributed by atoms with Crippen LogP contribution in [-0.4, -0.2) is 84.3 Å². The Morgan fingerprint density at radius 1 is 0.923 bits per heavy atom. The lowest BCUT2D eigenvalue weighted by molar-refractivity contribution is -0.192. The average molecular weight is 553 g/mol. The van der Waals surface area contributed by atoms with Gasteiger partial charge in [0, 0.05) is 38.3 Å². The number of benzene rings is 2. The van der Waals surface area contributed by atoms with Crippen LogP contribution in [0.1, 0.15) is 39.6 Å². The summed E-state index contributed by atoms with van der Waals surface area (Å²) >= 11 is 0. The SMILES string of the molecule is CCCNC(=O)CN1CCN(c2ccc(C(=O)O)cc2NC(=O)c2ccc(C)cc2)CC1.O=C(O)C(F)(F)F. The van der Waals surface area contributed by atoms with E-state index >= 15 is 0 Å². The highest BCUT2D eigenvalue weighted by molar-refractivity contribution is 6.06. The highest BCUT2D eigenvalue weighted by Crippen LogP contribution is 2.29. The zero-order valence-corrected chi connectivity index (χ0v) is 21.5. The van der Waals surface area contributed by atoms with Gasteiger partial charge >= 0.3 is 18.1 Å². The highest BCUT2D eigenvalue weighted by atomic mass is 19.4. The highest BCUT2D eigenvalue weighted by Gasteiger charge is 2.38. The Balaban J connectivity index is 0.000000673. The van der Waals surface area contributed by atoms with Crippen molar-refractivity contribution >= 4 is 35.1 Å². The van der Waals surface area contributed by atoms with Gasteiger partial charge in [0.2, 0.25) is 5.91 Å². The van der Waals surface area contributed by atoms with E-state index in [-0.39, 0.29) is 17.4 Å². The second kappa shape index (κ2) is 14.1. The first kappa shape index (κ1) is 31.1. The van der Waals surface area contributed by atoms with Crippen LogP contribution in [0.15, 0.2) is 42.5 Å². The molecule has 0 radical (unpaired) electrons. The van der Waals surface area contributed by atoms with Gasteiger partial charge in [-0.2, -0.15) is 13.2 Å². The van der Waals surface area contributed by atoms with Crippen molar-refractivity contribution in [1.82, 2.24) is 10.2 Å². The number of nitrogens with one attached hydrogen (secondary N) is 2. The minimum absolute atomic E-state index is 0.0251. The number of aryl methyl sites for hydroxylation is 1.